The van der Waals surface area contributed by atoms with E-state index >= 15 is 0 Å². The molecule has 566 valence electrons. The van der Waals surface area contributed by atoms with Crippen molar-refractivity contribution in [3.63, 3.8) is 0 Å². The Labute approximate surface area is 601 Å². The molecular weight excluding hydrogens is 1170 g/mol. The molecule has 0 radical (unpaired) electrons. The normalized spacial score (nSPS) is 12.7. The number of amides is 1. The van der Waals surface area contributed by atoms with E-state index in [0.717, 1.165) is 51.4 Å². The van der Waals surface area contributed by atoms with Gasteiger partial charge in [-0.05, 0) is 89.9 Å². The third-order valence-corrected chi connectivity index (χ3v) is 20.6. The summed E-state index contributed by atoms with van der Waals surface area (Å²) in [7, 11) is 0. The molecule has 0 rings (SSSR count). The maximum atomic E-state index is 12.6. The van der Waals surface area contributed by atoms with Crippen molar-refractivity contribution in [3.8, 4) is 0 Å². The summed E-state index contributed by atoms with van der Waals surface area (Å²) in [6.45, 7) is 4.95. The summed E-state index contributed by atoms with van der Waals surface area (Å²) in [6.07, 6.45) is 114. The van der Waals surface area contributed by atoms with Crippen LogP contribution in [0.5, 0.6) is 0 Å². The summed E-state index contributed by atoms with van der Waals surface area (Å²) in [6, 6.07) is -0.628. The lowest BCUT2D eigenvalue weighted by molar-refractivity contribution is -0.143. The van der Waals surface area contributed by atoms with E-state index in [4.69, 9.17) is 4.74 Å². The average molecular weight is 1350 g/mol. The van der Waals surface area contributed by atoms with Gasteiger partial charge in [-0.1, -0.05) is 435 Å². The van der Waals surface area contributed by atoms with Gasteiger partial charge in [-0.2, -0.15) is 0 Å². The molecule has 0 aliphatic rings. The lowest BCUT2D eigenvalue weighted by Gasteiger charge is -2.20. The molecule has 3 N–H and O–H groups in total. The first-order chi connectivity index (χ1) is 47.5. The van der Waals surface area contributed by atoms with Gasteiger partial charge in [0.15, 0.2) is 0 Å². The highest BCUT2D eigenvalue weighted by molar-refractivity contribution is 5.76. The Balaban J connectivity index is 3.38. The number of carbonyl (C=O) groups is 2. The number of ether oxygens (including phenoxy) is 1. The van der Waals surface area contributed by atoms with Crippen molar-refractivity contribution >= 4 is 11.9 Å². The first-order valence-corrected chi connectivity index (χ1v) is 43.9. The lowest BCUT2D eigenvalue weighted by Crippen LogP contribution is -2.45. The van der Waals surface area contributed by atoms with Crippen molar-refractivity contribution in [1.29, 1.82) is 0 Å². The summed E-state index contributed by atoms with van der Waals surface area (Å²) in [5.41, 5.74) is 0. The van der Waals surface area contributed by atoms with Crippen LogP contribution in [-0.2, 0) is 14.3 Å². The first-order valence-electron chi connectivity index (χ1n) is 43.9. The van der Waals surface area contributed by atoms with Gasteiger partial charge in [-0.25, -0.2) is 0 Å². The molecule has 0 aliphatic heterocycles. The number of hydrogen-bond acceptors (Lipinski definition) is 5. The number of carbonyl (C=O) groups excluding carboxylic acids is 2. The molecule has 0 bridgehead atoms. The molecular formula is C90H171NO5. The van der Waals surface area contributed by atoms with Crippen molar-refractivity contribution in [2.24, 2.45) is 0 Å². The standard InChI is InChI=1S/C90H171NO5/c1-3-5-7-9-11-13-15-17-19-21-22-23-24-38-41-44-47-51-54-58-62-66-70-74-78-82-88(93)87(86-92)91-89(94)83-79-75-71-67-63-59-55-52-48-45-42-39-36-34-32-30-28-26-25-27-29-31-33-35-37-40-43-46-49-53-57-61-65-69-73-77-81-85-96-90(95)84-80-76-72-68-64-60-56-50-20-18-16-14-12-10-8-6-4-2/h18,20,25,27,31,33,78,82,87-88,92-93H,3-17,19,21-24,26,28-30,32,34-77,79-81,83-86H2,1-2H3,(H,91,94)/b20-18-,27-25-,33-31-,82-78+. The van der Waals surface area contributed by atoms with Gasteiger partial charge in [0.2, 0.25) is 5.91 Å². The Morgan fingerprint density at radius 3 is 0.802 bits per heavy atom. The minimum atomic E-state index is -0.845. The van der Waals surface area contributed by atoms with Gasteiger partial charge < -0.3 is 20.3 Å². The predicted octanol–water partition coefficient (Wildman–Crippen LogP) is 29.5. The largest absolute Gasteiger partial charge is 0.466 e. The molecule has 0 spiro atoms. The lowest BCUT2D eigenvalue weighted by atomic mass is 10.0. The second kappa shape index (κ2) is 85.2. The fourth-order valence-corrected chi connectivity index (χ4v) is 13.9. The van der Waals surface area contributed by atoms with Crippen LogP contribution in [0.4, 0.5) is 0 Å². The highest BCUT2D eigenvalue weighted by Gasteiger charge is 2.18. The molecule has 6 heteroatoms. The summed E-state index contributed by atoms with van der Waals surface area (Å²) < 4.78 is 5.51. The number of esters is 1. The minimum Gasteiger partial charge on any atom is -0.466 e. The van der Waals surface area contributed by atoms with E-state index in [1.54, 1.807) is 6.08 Å². The maximum Gasteiger partial charge on any atom is 0.305 e. The second-order valence-corrected chi connectivity index (χ2v) is 30.2. The van der Waals surface area contributed by atoms with Gasteiger partial charge in [0.05, 0.1) is 25.4 Å². The van der Waals surface area contributed by atoms with Crippen molar-refractivity contribution < 1.29 is 24.5 Å². The smallest absolute Gasteiger partial charge is 0.305 e. The summed E-state index contributed by atoms with van der Waals surface area (Å²) in [5, 5.41) is 23.3. The van der Waals surface area contributed by atoms with E-state index in [9.17, 15) is 19.8 Å². The zero-order chi connectivity index (χ0) is 69.1. The van der Waals surface area contributed by atoms with Crippen molar-refractivity contribution in [2.75, 3.05) is 13.2 Å². The number of allylic oxidation sites excluding steroid dienone is 7. The zero-order valence-corrected chi connectivity index (χ0v) is 65.1. The molecule has 2 unspecified atom stereocenters. The van der Waals surface area contributed by atoms with E-state index in [2.05, 4.69) is 55.6 Å². The van der Waals surface area contributed by atoms with E-state index < -0.39 is 12.1 Å². The molecule has 0 fully saturated rings. The Kier molecular flexibility index (Phi) is 83.3. The van der Waals surface area contributed by atoms with Crippen molar-refractivity contribution in [1.82, 2.24) is 5.32 Å². The maximum absolute atomic E-state index is 12.6. The Hall–Kier alpha value is -2.18. The predicted molar refractivity (Wildman–Crippen MR) is 426 cm³/mol. The molecule has 0 aliphatic carbocycles. The topological polar surface area (TPSA) is 95.9 Å². The number of aliphatic hydroxyl groups excluding tert-OH is 2. The van der Waals surface area contributed by atoms with Crippen LogP contribution in [0, 0.1) is 0 Å². The van der Waals surface area contributed by atoms with Crippen LogP contribution in [-0.4, -0.2) is 47.4 Å². The van der Waals surface area contributed by atoms with Crippen LogP contribution in [0.15, 0.2) is 48.6 Å². The van der Waals surface area contributed by atoms with Crippen molar-refractivity contribution in [2.45, 2.75) is 501 Å². The van der Waals surface area contributed by atoms with Gasteiger partial charge in [0.1, 0.15) is 0 Å². The molecule has 1 amide bonds. The monoisotopic (exact) mass is 1350 g/mol. The second-order valence-electron chi connectivity index (χ2n) is 30.2. The summed E-state index contributed by atoms with van der Waals surface area (Å²) >= 11 is 0. The molecule has 96 heavy (non-hydrogen) atoms. The van der Waals surface area contributed by atoms with Gasteiger partial charge in [0, 0.05) is 12.8 Å². The van der Waals surface area contributed by atoms with E-state index in [0.29, 0.717) is 19.4 Å². The number of aliphatic hydroxyl groups is 2. The molecule has 0 aromatic heterocycles. The molecule has 6 nitrogen and oxygen atoms in total. The molecule has 0 aromatic carbocycles. The van der Waals surface area contributed by atoms with Crippen LogP contribution in [0.2, 0.25) is 0 Å². The number of hydrogen-bond donors (Lipinski definition) is 3. The summed E-state index contributed by atoms with van der Waals surface area (Å²) in [4.78, 5) is 24.7. The molecule has 0 aromatic rings. The van der Waals surface area contributed by atoms with Gasteiger partial charge in [0.25, 0.3) is 0 Å². The van der Waals surface area contributed by atoms with Crippen LogP contribution >= 0.6 is 0 Å². The molecule has 0 saturated carbocycles. The fourth-order valence-electron chi connectivity index (χ4n) is 13.9. The van der Waals surface area contributed by atoms with Crippen LogP contribution < -0.4 is 5.32 Å². The van der Waals surface area contributed by atoms with E-state index in [-0.39, 0.29) is 18.5 Å². The van der Waals surface area contributed by atoms with E-state index in [1.165, 1.54) is 411 Å². The molecule has 0 saturated heterocycles. The average Bonchev–Trinajstić information content (AvgIpc) is 2.81. The molecule has 0 heterocycles. The SMILES string of the molecule is CCCCCCCC/C=C\CCCCCCCCCC(=O)OCCCCCCCCCCCCCCC/C=C\C/C=C\CCCCCCCCCCCCCCCCCCCC(=O)NC(CO)C(O)/C=C/CCCCCCCCCCCCCCCCCCCCCCCCC. The zero-order valence-electron chi connectivity index (χ0n) is 65.1. The number of nitrogens with one attached hydrogen (secondary N) is 1. The number of rotatable bonds is 83. The Bertz CT molecular complexity index is 1600. The Morgan fingerprint density at radius 2 is 0.521 bits per heavy atom. The first kappa shape index (κ1) is 93.8. The fraction of sp³-hybridized carbons (Fsp3) is 0.889. The van der Waals surface area contributed by atoms with Gasteiger partial charge >= 0.3 is 5.97 Å². The van der Waals surface area contributed by atoms with Gasteiger partial charge in [-0.15, -0.1) is 0 Å². The van der Waals surface area contributed by atoms with Crippen LogP contribution in [0.3, 0.4) is 0 Å². The molecule has 2 atom stereocenters. The summed E-state index contributed by atoms with van der Waals surface area (Å²) in [5.74, 6) is -0.0439. The highest BCUT2D eigenvalue weighted by Crippen LogP contribution is 2.20. The van der Waals surface area contributed by atoms with Crippen LogP contribution in [0.1, 0.15) is 489 Å². The third-order valence-electron chi connectivity index (χ3n) is 20.6. The highest BCUT2D eigenvalue weighted by atomic mass is 16.5. The van der Waals surface area contributed by atoms with Gasteiger partial charge in [-0.3, -0.25) is 9.59 Å². The van der Waals surface area contributed by atoms with E-state index in [1.807, 2.05) is 6.08 Å². The van der Waals surface area contributed by atoms with Crippen molar-refractivity contribution in [3.05, 3.63) is 48.6 Å². The number of unbranched alkanes of at least 4 members (excludes halogenated alkanes) is 66. The quantitative estimate of drug-likeness (QED) is 0.0320. The Morgan fingerprint density at radius 1 is 0.292 bits per heavy atom. The third kappa shape index (κ3) is 80.8. The minimum absolute atomic E-state index is 0.0160. The van der Waals surface area contributed by atoms with Crippen LogP contribution in [0.25, 0.3) is 0 Å².